The molecule has 0 spiro atoms. The van der Waals surface area contributed by atoms with Crippen molar-refractivity contribution in [1.29, 1.82) is 0 Å². The van der Waals surface area contributed by atoms with Gasteiger partial charge in [0.05, 0.1) is 4.90 Å². The smallest absolute Gasteiger partial charge is 0.243 e. The first-order valence-electron chi connectivity index (χ1n) is 8.21. The standard InChI is InChI=1S/C17H26N2O3S/c1-13(2)11-17(20)18-16-12-15(8-7-14(16)3)23(21,22)19-9-5-4-6-10-19/h7-8,12-13H,4-6,9-11H2,1-3H3,(H,18,20). The van der Waals surface area contributed by atoms with E-state index in [1.54, 1.807) is 22.5 Å². The molecule has 6 heteroatoms. The fourth-order valence-electron chi connectivity index (χ4n) is 2.72. The number of amides is 1. The molecular weight excluding hydrogens is 312 g/mol. The van der Waals surface area contributed by atoms with E-state index >= 15 is 0 Å². The molecule has 128 valence electrons. The second-order valence-electron chi connectivity index (χ2n) is 6.59. The number of anilines is 1. The Labute approximate surface area is 139 Å². The third-order valence-corrected chi connectivity index (χ3v) is 5.92. The Hall–Kier alpha value is -1.40. The van der Waals surface area contributed by atoms with Gasteiger partial charge >= 0.3 is 0 Å². The summed E-state index contributed by atoms with van der Waals surface area (Å²) >= 11 is 0. The lowest BCUT2D eigenvalue weighted by atomic mass is 10.1. The maximum Gasteiger partial charge on any atom is 0.243 e. The Kier molecular flexibility index (Phi) is 5.81. The van der Waals surface area contributed by atoms with Gasteiger partial charge in [-0.2, -0.15) is 4.31 Å². The van der Waals surface area contributed by atoms with E-state index in [-0.39, 0.29) is 16.7 Å². The van der Waals surface area contributed by atoms with Gasteiger partial charge in [0.15, 0.2) is 0 Å². The molecule has 1 saturated heterocycles. The Morgan fingerprint density at radius 1 is 1.22 bits per heavy atom. The van der Waals surface area contributed by atoms with Crippen LogP contribution in [0.3, 0.4) is 0 Å². The Bertz CT molecular complexity index is 662. The Morgan fingerprint density at radius 2 is 1.87 bits per heavy atom. The molecule has 0 aliphatic carbocycles. The minimum Gasteiger partial charge on any atom is -0.326 e. The highest BCUT2D eigenvalue weighted by Crippen LogP contribution is 2.25. The monoisotopic (exact) mass is 338 g/mol. The number of carbonyl (C=O) groups excluding carboxylic acids is 1. The number of rotatable bonds is 5. The van der Waals surface area contributed by atoms with Crippen LogP contribution in [0.25, 0.3) is 0 Å². The van der Waals surface area contributed by atoms with Crippen LogP contribution in [0.1, 0.15) is 45.1 Å². The van der Waals surface area contributed by atoms with Crippen molar-refractivity contribution in [1.82, 2.24) is 4.31 Å². The van der Waals surface area contributed by atoms with Crippen LogP contribution in [0.2, 0.25) is 0 Å². The number of piperidine rings is 1. The molecule has 0 saturated carbocycles. The van der Waals surface area contributed by atoms with Crippen LogP contribution < -0.4 is 5.32 Å². The molecule has 23 heavy (non-hydrogen) atoms. The number of nitrogens with one attached hydrogen (secondary N) is 1. The molecule has 0 radical (unpaired) electrons. The van der Waals surface area contributed by atoms with Crippen molar-refractivity contribution in [3.63, 3.8) is 0 Å². The lowest BCUT2D eigenvalue weighted by Gasteiger charge is -2.26. The average Bonchev–Trinajstić information content (AvgIpc) is 2.49. The maximum atomic E-state index is 12.7. The molecule has 0 aromatic heterocycles. The van der Waals surface area contributed by atoms with Crippen molar-refractivity contribution in [3.05, 3.63) is 23.8 Å². The Morgan fingerprint density at radius 3 is 2.48 bits per heavy atom. The minimum atomic E-state index is -3.48. The topological polar surface area (TPSA) is 66.5 Å². The molecule has 1 amide bonds. The predicted octanol–water partition coefficient (Wildman–Crippen LogP) is 3.15. The zero-order valence-electron chi connectivity index (χ0n) is 14.1. The van der Waals surface area contributed by atoms with Crippen molar-refractivity contribution >= 4 is 21.6 Å². The van der Waals surface area contributed by atoms with E-state index in [2.05, 4.69) is 5.32 Å². The molecule has 0 atom stereocenters. The SMILES string of the molecule is Cc1ccc(S(=O)(=O)N2CCCCC2)cc1NC(=O)CC(C)C. The maximum absolute atomic E-state index is 12.7. The van der Waals surface area contributed by atoms with Crippen molar-refractivity contribution in [3.8, 4) is 0 Å². The largest absolute Gasteiger partial charge is 0.326 e. The molecule has 1 N–H and O–H groups in total. The van der Waals surface area contributed by atoms with Gasteiger partial charge in [0.2, 0.25) is 15.9 Å². The van der Waals surface area contributed by atoms with Crippen molar-refractivity contribution in [2.45, 2.75) is 51.3 Å². The first-order valence-corrected chi connectivity index (χ1v) is 9.65. The van der Waals surface area contributed by atoms with Crippen LogP contribution in [0, 0.1) is 12.8 Å². The summed E-state index contributed by atoms with van der Waals surface area (Å²) in [6.07, 6.45) is 3.31. The first kappa shape index (κ1) is 17.9. The van der Waals surface area contributed by atoms with Gasteiger partial charge in [0.1, 0.15) is 0 Å². The lowest BCUT2D eigenvalue weighted by Crippen LogP contribution is -2.35. The van der Waals surface area contributed by atoms with Gasteiger partial charge in [-0.15, -0.1) is 0 Å². The summed E-state index contributed by atoms with van der Waals surface area (Å²) < 4.78 is 27.0. The number of nitrogens with zero attached hydrogens (tertiary/aromatic N) is 1. The van der Waals surface area contributed by atoms with Gasteiger partial charge in [-0.25, -0.2) is 8.42 Å². The van der Waals surface area contributed by atoms with Gasteiger partial charge in [-0.05, 0) is 43.4 Å². The summed E-state index contributed by atoms with van der Waals surface area (Å²) in [5.41, 5.74) is 1.44. The number of carbonyl (C=O) groups is 1. The van der Waals surface area contributed by atoms with Gasteiger partial charge in [0.25, 0.3) is 0 Å². The highest BCUT2D eigenvalue weighted by atomic mass is 32.2. The van der Waals surface area contributed by atoms with Crippen LogP contribution in [-0.4, -0.2) is 31.7 Å². The van der Waals surface area contributed by atoms with Crippen molar-refractivity contribution in [2.75, 3.05) is 18.4 Å². The molecule has 0 unspecified atom stereocenters. The highest BCUT2D eigenvalue weighted by molar-refractivity contribution is 7.89. The number of hydrogen-bond acceptors (Lipinski definition) is 3. The summed E-state index contributed by atoms with van der Waals surface area (Å²) in [4.78, 5) is 12.2. The highest BCUT2D eigenvalue weighted by Gasteiger charge is 2.26. The summed E-state index contributed by atoms with van der Waals surface area (Å²) in [6, 6.07) is 4.96. The van der Waals surface area contributed by atoms with E-state index in [1.165, 1.54) is 0 Å². The number of benzene rings is 1. The predicted molar refractivity (Wildman–Crippen MR) is 91.9 cm³/mol. The summed E-state index contributed by atoms with van der Waals surface area (Å²) in [6.45, 7) is 6.96. The van der Waals surface area contributed by atoms with E-state index in [0.29, 0.717) is 25.2 Å². The molecule has 1 aliphatic rings. The molecular formula is C17H26N2O3S. The number of hydrogen-bond donors (Lipinski definition) is 1. The van der Waals surface area contributed by atoms with E-state index in [4.69, 9.17) is 0 Å². The minimum absolute atomic E-state index is 0.0874. The fourth-order valence-corrected chi connectivity index (χ4v) is 4.27. The lowest BCUT2D eigenvalue weighted by molar-refractivity contribution is -0.116. The zero-order valence-corrected chi connectivity index (χ0v) is 14.9. The quantitative estimate of drug-likeness (QED) is 0.897. The second kappa shape index (κ2) is 7.45. The van der Waals surface area contributed by atoms with Gasteiger partial charge in [0, 0.05) is 25.2 Å². The van der Waals surface area contributed by atoms with Crippen LogP contribution >= 0.6 is 0 Å². The molecule has 5 nitrogen and oxygen atoms in total. The summed E-state index contributed by atoms with van der Waals surface area (Å²) in [5, 5.41) is 2.84. The van der Waals surface area contributed by atoms with Gasteiger partial charge in [-0.3, -0.25) is 4.79 Å². The van der Waals surface area contributed by atoms with Crippen LogP contribution in [0.15, 0.2) is 23.1 Å². The van der Waals surface area contributed by atoms with Crippen molar-refractivity contribution in [2.24, 2.45) is 5.92 Å². The van der Waals surface area contributed by atoms with E-state index in [0.717, 1.165) is 24.8 Å². The number of aryl methyl sites for hydroxylation is 1. The molecule has 1 aliphatic heterocycles. The van der Waals surface area contributed by atoms with E-state index in [9.17, 15) is 13.2 Å². The zero-order chi connectivity index (χ0) is 17.0. The summed E-state index contributed by atoms with van der Waals surface area (Å²) in [7, 11) is -3.48. The van der Waals surface area contributed by atoms with Gasteiger partial charge in [-0.1, -0.05) is 26.3 Å². The van der Waals surface area contributed by atoms with Crippen LogP contribution in [-0.2, 0) is 14.8 Å². The Balaban J connectivity index is 2.23. The molecule has 1 fully saturated rings. The molecule has 0 bridgehead atoms. The van der Waals surface area contributed by atoms with E-state index in [1.807, 2.05) is 20.8 Å². The average molecular weight is 338 g/mol. The summed E-state index contributed by atoms with van der Waals surface area (Å²) in [5.74, 6) is 0.172. The molecule has 1 heterocycles. The van der Waals surface area contributed by atoms with Crippen molar-refractivity contribution < 1.29 is 13.2 Å². The fraction of sp³-hybridized carbons (Fsp3) is 0.588. The molecule has 2 rings (SSSR count). The third kappa shape index (κ3) is 4.54. The second-order valence-corrected chi connectivity index (χ2v) is 8.53. The first-order chi connectivity index (χ1) is 10.8. The van der Waals surface area contributed by atoms with Gasteiger partial charge < -0.3 is 5.32 Å². The van der Waals surface area contributed by atoms with Crippen LogP contribution in [0.5, 0.6) is 0 Å². The third-order valence-electron chi connectivity index (χ3n) is 4.03. The molecule has 1 aromatic carbocycles. The van der Waals surface area contributed by atoms with Crippen LogP contribution in [0.4, 0.5) is 5.69 Å². The normalized spacial score (nSPS) is 16.5. The molecule has 1 aromatic rings. The number of sulfonamides is 1. The van der Waals surface area contributed by atoms with E-state index < -0.39 is 10.0 Å².